The molecule has 3 fully saturated rings. The smallest absolute Gasteiger partial charge is 0.326 e. The number of fused-ring (bicyclic) bond motifs is 5. The molecule has 7 nitrogen and oxygen atoms in total. The van der Waals surface area contributed by atoms with Crippen LogP contribution in [-0.4, -0.2) is 40.9 Å². The molecule has 4 aliphatic rings. The van der Waals surface area contributed by atoms with Crippen LogP contribution in [0.15, 0.2) is 11.6 Å². The van der Waals surface area contributed by atoms with Crippen molar-refractivity contribution in [2.75, 3.05) is 0 Å². The Hall–Kier alpha value is -2.18. The molecule has 36 heavy (non-hydrogen) atoms. The quantitative estimate of drug-likeness (QED) is 0.461. The van der Waals surface area contributed by atoms with Gasteiger partial charge >= 0.3 is 11.9 Å². The maximum Gasteiger partial charge on any atom is 0.326 e. The largest absolute Gasteiger partial charge is 0.480 e. The minimum atomic E-state index is -1.06. The molecule has 0 bridgehead atoms. The lowest BCUT2D eigenvalue weighted by atomic mass is 9.47. The van der Waals surface area contributed by atoms with Gasteiger partial charge in [0.05, 0.1) is 6.42 Å². The van der Waals surface area contributed by atoms with Crippen LogP contribution in [0.5, 0.6) is 0 Å². The molecule has 7 atom stereocenters. The summed E-state index contributed by atoms with van der Waals surface area (Å²) in [4.78, 5) is 48.4. The summed E-state index contributed by atoms with van der Waals surface area (Å²) in [5.41, 5.74) is 1.44. The Morgan fingerprint density at radius 1 is 1.06 bits per heavy atom. The van der Waals surface area contributed by atoms with Crippen molar-refractivity contribution in [1.82, 2.24) is 5.32 Å². The fraction of sp³-hybridized carbons (Fsp3) is 0.793. The molecule has 0 radical (unpaired) electrons. The highest BCUT2D eigenvalue weighted by Gasteiger charge is 2.59. The molecule has 1 amide bonds. The highest BCUT2D eigenvalue weighted by molar-refractivity contribution is 5.91. The number of amides is 1. The molecule has 0 aromatic carbocycles. The molecule has 0 aromatic rings. The molecule has 2 N–H and O–H groups in total. The summed E-state index contributed by atoms with van der Waals surface area (Å²) in [6.07, 6.45) is 9.81. The minimum Gasteiger partial charge on any atom is -0.480 e. The van der Waals surface area contributed by atoms with Gasteiger partial charge in [-0.2, -0.15) is 0 Å². The van der Waals surface area contributed by atoms with Crippen molar-refractivity contribution in [2.45, 2.75) is 110 Å². The number of carboxylic acids is 1. The second-order valence-corrected chi connectivity index (χ2v) is 12.7. The van der Waals surface area contributed by atoms with E-state index in [0.717, 1.165) is 44.9 Å². The fourth-order valence-electron chi connectivity index (χ4n) is 8.10. The number of aliphatic carboxylic acids is 1. The van der Waals surface area contributed by atoms with Gasteiger partial charge in [-0.3, -0.25) is 14.4 Å². The Bertz CT molecular complexity index is 940. The third kappa shape index (κ3) is 5.12. The average Bonchev–Trinajstić information content (AvgIpc) is 3.13. The second-order valence-electron chi connectivity index (χ2n) is 12.7. The van der Waals surface area contributed by atoms with Gasteiger partial charge in [0, 0.05) is 18.3 Å². The van der Waals surface area contributed by atoms with Gasteiger partial charge in [-0.15, -0.1) is 0 Å². The number of hydrogen-bond donors (Lipinski definition) is 2. The summed E-state index contributed by atoms with van der Waals surface area (Å²) in [7, 11) is 0. The SMILES string of the molecule is CC(C)C[C@@H](NC(=O)CCC(=O)O[C@@H]1CC[C@H]2[C@@H]3CCC4=CC(=O)CC[C@]4(C)[C@H]3CC[C@]12C)C(=O)O. The summed E-state index contributed by atoms with van der Waals surface area (Å²) in [6, 6.07) is -0.937. The van der Waals surface area contributed by atoms with E-state index < -0.39 is 17.9 Å². The van der Waals surface area contributed by atoms with E-state index in [0.29, 0.717) is 30.6 Å². The first-order valence-corrected chi connectivity index (χ1v) is 13.9. The number of carboxylic acid groups (broad SMARTS) is 1. The van der Waals surface area contributed by atoms with Crippen LogP contribution in [0.25, 0.3) is 0 Å². The summed E-state index contributed by atoms with van der Waals surface area (Å²) >= 11 is 0. The maximum atomic E-state index is 12.7. The molecule has 3 saturated carbocycles. The topological polar surface area (TPSA) is 110 Å². The molecule has 0 aliphatic heterocycles. The molecule has 7 heteroatoms. The van der Waals surface area contributed by atoms with Gasteiger partial charge in [0.25, 0.3) is 0 Å². The Kier molecular flexibility index (Phi) is 7.68. The normalized spacial score (nSPS) is 36.2. The van der Waals surface area contributed by atoms with Crippen LogP contribution >= 0.6 is 0 Å². The van der Waals surface area contributed by atoms with E-state index >= 15 is 0 Å². The van der Waals surface area contributed by atoms with Gasteiger partial charge in [-0.05, 0) is 86.5 Å². The number of rotatable bonds is 8. The summed E-state index contributed by atoms with van der Waals surface area (Å²) < 4.78 is 5.99. The van der Waals surface area contributed by atoms with Crippen LogP contribution in [-0.2, 0) is 23.9 Å². The molecule has 0 unspecified atom stereocenters. The van der Waals surface area contributed by atoms with Crippen molar-refractivity contribution < 1.29 is 29.0 Å². The lowest BCUT2D eigenvalue weighted by Crippen LogP contribution is -2.51. The van der Waals surface area contributed by atoms with E-state index in [2.05, 4.69) is 19.2 Å². The molecule has 0 saturated heterocycles. The van der Waals surface area contributed by atoms with Crippen LogP contribution in [0.1, 0.15) is 98.3 Å². The number of hydrogen-bond acceptors (Lipinski definition) is 5. The van der Waals surface area contributed by atoms with Crippen molar-refractivity contribution in [3.8, 4) is 0 Å². The van der Waals surface area contributed by atoms with Crippen molar-refractivity contribution in [2.24, 2.45) is 34.5 Å². The highest BCUT2D eigenvalue weighted by atomic mass is 16.5. The number of ether oxygens (including phenoxy) is 1. The molecule has 4 aliphatic carbocycles. The summed E-state index contributed by atoms with van der Waals surface area (Å²) in [6.45, 7) is 8.47. The van der Waals surface area contributed by atoms with Crippen LogP contribution in [0, 0.1) is 34.5 Å². The van der Waals surface area contributed by atoms with Gasteiger partial charge in [-0.1, -0.05) is 33.3 Å². The number of esters is 1. The zero-order valence-corrected chi connectivity index (χ0v) is 22.3. The molecular formula is C29H43NO6. The highest BCUT2D eigenvalue weighted by Crippen LogP contribution is 2.65. The molecular weight excluding hydrogens is 458 g/mol. The number of carbonyl (C=O) groups excluding carboxylic acids is 3. The summed E-state index contributed by atoms with van der Waals surface area (Å²) in [5.74, 6) is 0.263. The second kappa shape index (κ2) is 10.3. The van der Waals surface area contributed by atoms with Crippen LogP contribution in [0.4, 0.5) is 0 Å². The maximum absolute atomic E-state index is 12.7. The van der Waals surface area contributed by atoms with E-state index in [1.807, 2.05) is 19.9 Å². The van der Waals surface area contributed by atoms with Crippen LogP contribution in [0.2, 0.25) is 0 Å². The lowest BCUT2D eigenvalue weighted by Gasteiger charge is -2.57. The standard InChI is InChI=1S/C29H43NO6/c1-17(2)15-23(27(34)35)30-25(32)9-10-26(33)36-24-8-7-21-20-6-5-18-16-19(31)11-13-28(18,3)22(20)12-14-29(21,24)4/h16-17,20-24H,5-15H2,1-4H3,(H,30,32)(H,34,35)/t20-,21-,22-,23+,24+,28-,29-/m0/s1. The first-order valence-electron chi connectivity index (χ1n) is 13.9. The Labute approximate surface area is 214 Å². The minimum absolute atomic E-state index is 0.0383. The van der Waals surface area contributed by atoms with E-state index in [9.17, 15) is 24.3 Å². The van der Waals surface area contributed by atoms with Gasteiger partial charge in [0.1, 0.15) is 12.1 Å². The Morgan fingerprint density at radius 3 is 2.50 bits per heavy atom. The van der Waals surface area contributed by atoms with Crippen LogP contribution < -0.4 is 5.32 Å². The van der Waals surface area contributed by atoms with E-state index in [1.54, 1.807) is 0 Å². The first kappa shape index (κ1) is 26.9. The zero-order chi connectivity index (χ0) is 26.3. The number of nitrogens with one attached hydrogen (secondary N) is 1. The monoisotopic (exact) mass is 501 g/mol. The molecule has 200 valence electrons. The average molecular weight is 502 g/mol. The van der Waals surface area contributed by atoms with Crippen molar-refractivity contribution in [3.63, 3.8) is 0 Å². The third-order valence-electron chi connectivity index (χ3n) is 10.0. The number of allylic oxidation sites excluding steroid dienone is 1. The molecule has 0 heterocycles. The third-order valence-corrected chi connectivity index (χ3v) is 10.0. The predicted octanol–water partition coefficient (Wildman–Crippen LogP) is 4.83. The fourth-order valence-corrected chi connectivity index (χ4v) is 8.10. The zero-order valence-electron chi connectivity index (χ0n) is 22.3. The first-order chi connectivity index (χ1) is 16.9. The van der Waals surface area contributed by atoms with Gasteiger partial charge in [0.2, 0.25) is 5.91 Å². The number of carbonyl (C=O) groups is 4. The van der Waals surface area contributed by atoms with Crippen LogP contribution in [0.3, 0.4) is 0 Å². The van der Waals surface area contributed by atoms with E-state index in [4.69, 9.17) is 4.74 Å². The van der Waals surface area contributed by atoms with Gasteiger partial charge in [0.15, 0.2) is 5.78 Å². The molecule has 0 spiro atoms. The van der Waals surface area contributed by atoms with Gasteiger partial charge < -0.3 is 15.2 Å². The Balaban J connectivity index is 1.33. The van der Waals surface area contributed by atoms with Gasteiger partial charge in [-0.25, -0.2) is 4.79 Å². The molecule has 0 aromatic heterocycles. The van der Waals surface area contributed by atoms with Crippen molar-refractivity contribution >= 4 is 23.6 Å². The number of ketones is 1. The molecule has 4 rings (SSSR count). The van der Waals surface area contributed by atoms with E-state index in [1.165, 1.54) is 5.57 Å². The Morgan fingerprint density at radius 2 is 1.81 bits per heavy atom. The van der Waals surface area contributed by atoms with Crippen molar-refractivity contribution in [1.29, 1.82) is 0 Å². The summed E-state index contributed by atoms with van der Waals surface area (Å²) in [5, 5.41) is 11.9. The predicted molar refractivity (Wildman–Crippen MR) is 135 cm³/mol. The van der Waals surface area contributed by atoms with E-state index in [-0.39, 0.29) is 47.4 Å². The van der Waals surface area contributed by atoms with Crippen molar-refractivity contribution in [3.05, 3.63) is 11.6 Å². The lowest BCUT2D eigenvalue weighted by molar-refractivity contribution is -0.160.